The number of hydrogen-bond acceptors (Lipinski definition) is 5. The first-order chi connectivity index (χ1) is 16.6. The number of carbonyl (C=O) groups excluding carboxylic acids is 2. The van der Waals surface area contributed by atoms with Crippen LogP contribution in [0.25, 0.3) is 27.5 Å². The Kier molecular flexibility index (Phi) is 5.57. The number of fused-ring (bicyclic) bond motifs is 2. The van der Waals surface area contributed by atoms with Gasteiger partial charge in [-0.1, -0.05) is 24.3 Å². The van der Waals surface area contributed by atoms with Crippen molar-refractivity contribution in [3.63, 3.8) is 0 Å². The highest BCUT2D eigenvalue weighted by atomic mass is 16.2. The lowest BCUT2D eigenvalue weighted by molar-refractivity contribution is -0.124. The smallest absolute Gasteiger partial charge is 0.243 e. The molecule has 0 spiro atoms. The molecule has 0 unspecified atom stereocenters. The summed E-state index contributed by atoms with van der Waals surface area (Å²) < 4.78 is 3.40. The van der Waals surface area contributed by atoms with Gasteiger partial charge >= 0.3 is 0 Å². The maximum Gasteiger partial charge on any atom is 0.243 e. The van der Waals surface area contributed by atoms with Crippen LogP contribution < -0.4 is 16.1 Å². The Morgan fingerprint density at radius 2 is 1.47 bits per heavy atom. The Morgan fingerprint density at radius 3 is 2.09 bits per heavy atom. The maximum atomic E-state index is 12.8. The molecule has 0 saturated carbocycles. The number of rotatable bonds is 6. The number of para-hydroxylation sites is 2. The molecule has 0 radical (unpaired) electrons. The Balaban J connectivity index is 1.27. The van der Waals surface area contributed by atoms with E-state index >= 15 is 0 Å². The number of hydrogen-bond donors (Lipinski definition) is 2. The van der Waals surface area contributed by atoms with E-state index in [-0.39, 0.29) is 30.3 Å². The van der Waals surface area contributed by atoms with Crippen molar-refractivity contribution in [1.82, 2.24) is 24.6 Å². The van der Waals surface area contributed by atoms with E-state index in [0.717, 1.165) is 5.69 Å². The summed E-state index contributed by atoms with van der Waals surface area (Å²) in [7, 11) is 0. The summed E-state index contributed by atoms with van der Waals surface area (Å²) in [4.78, 5) is 41.8. The number of anilines is 1. The number of nitrogens with one attached hydrogen (secondary N) is 2. The van der Waals surface area contributed by atoms with Crippen LogP contribution >= 0.6 is 0 Å². The molecule has 2 aromatic heterocycles. The first-order valence-electron chi connectivity index (χ1n) is 10.6. The molecule has 0 saturated heterocycles. The fraction of sp³-hybridized carbons (Fsp3) is 0.0800. The van der Waals surface area contributed by atoms with Crippen LogP contribution in [0.5, 0.6) is 0 Å². The van der Waals surface area contributed by atoms with E-state index in [2.05, 4.69) is 20.7 Å². The summed E-state index contributed by atoms with van der Waals surface area (Å²) in [6.07, 6.45) is 3.02. The van der Waals surface area contributed by atoms with Crippen molar-refractivity contribution in [3.05, 3.63) is 95.7 Å². The van der Waals surface area contributed by atoms with Crippen LogP contribution in [-0.2, 0) is 16.1 Å². The molecule has 5 rings (SSSR count). The second kappa shape index (κ2) is 8.99. The van der Waals surface area contributed by atoms with Crippen molar-refractivity contribution in [3.8, 4) is 5.69 Å². The maximum absolute atomic E-state index is 12.8. The van der Waals surface area contributed by atoms with Crippen molar-refractivity contribution >= 4 is 39.3 Å². The number of nitrogens with zero attached hydrogens (tertiary/aromatic N) is 4. The van der Waals surface area contributed by atoms with Crippen LogP contribution in [0.2, 0.25) is 0 Å². The minimum Gasteiger partial charge on any atom is -0.345 e. The summed E-state index contributed by atoms with van der Waals surface area (Å²) in [5.74, 6) is -0.688. The van der Waals surface area contributed by atoms with Crippen LogP contribution in [0, 0.1) is 0 Å². The zero-order valence-electron chi connectivity index (χ0n) is 18.0. The Morgan fingerprint density at radius 1 is 0.824 bits per heavy atom. The molecule has 9 nitrogen and oxygen atoms in total. The fourth-order valence-corrected chi connectivity index (χ4v) is 3.87. The van der Waals surface area contributed by atoms with Crippen LogP contribution in [-0.4, -0.2) is 37.7 Å². The van der Waals surface area contributed by atoms with Crippen molar-refractivity contribution in [2.24, 2.45) is 0 Å². The van der Waals surface area contributed by atoms with Gasteiger partial charge in [0.05, 0.1) is 23.3 Å². The predicted octanol–water partition coefficient (Wildman–Crippen LogP) is 2.49. The van der Waals surface area contributed by atoms with E-state index in [1.807, 2.05) is 24.3 Å². The second-order valence-electron chi connectivity index (χ2n) is 7.66. The Hall–Kier alpha value is -4.79. The van der Waals surface area contributed by atoms with E-state index in [1.54, 1.807) is 64.1 Å². The first-order valence-corrected chi connectivity index (χ1v) is 10.6. The standard InChI is InChI=1S/C25H20N6O3/c32-23(29-17-9-11-18(12-10-17)31-16-26-15-28-31)13-27-24(33)14-30-21-7-3-1-5-19(21)25(34)20-6-2-4-8-22(20)30/h1-12,15-16H,13-14H2,(H,27,33)(H,29,32). The fourth-order valence-electron chi connectivity index (χ4n) is 3.87. The molecule has 0 bridgehead atoms. The highest BCUT2D eigenvalue weighted by Crippen LogP contribution is 2.19. The monoisotopic (exact) mass is 452 g/mol. The van der Waals surface area contributed by atoms with Gasteiger partial charge in [0.2, 0.25) is 11.8 Å². The van der Waals surface area contributed by atoms with Crippen LogP contribution in [0.1, 0.15) is 0 Å². The molecule has 2 heterocycles. The van der Waals surface area contributed by atoms with Gasteiger partial charge in [-0.25, -0.2) is 9.67 Å². The van der Waals surface area contributed by atoms with E-state index < -0.39 is 0 Å². The minimum atomic E-state index is -0.350. The van der Waals surface area contributed by atoms with E-state index in [0.29, 0.717) is 27.5 Å². The quantitative estimate of drug-likeness (QED) is 0.385. The van der Waals surface area contributed by atoms with E-state index in [9.17, 15) is 14.4 Å². The highest BCUT2D eigenvalue weighted by molar-refractivity contribution is 5.96. The van der Waals surface area contributed by atoms with Gasteiger partial charge in [-0.2, -0.15) is 5.10 Å². The molecule has 9 heteroatoms. The second-order valence-corrected chi connectivity index (χ2v) is 7.66. The summed E-state index contributed by atoms with van der Waals surface area (Å²) in [5.41, 5.74) is 2.67. The number of pyridine rings is 1. The molecule has 0 fully saturated rings. The minimum absolute atomic E-state index is 0.0266. The third-order valence-corrected chi connectivity index (χ3v) is 5.46. The lowest BCUT2D eigenvalue weighted by Gasteiger charge is -2.15. The van der Waals surface area contributed by atoms with Crippen LogP contribution in [0.15, 0.2) is 90.2 Å². The first kappa shape index (κ1) is 21.1. The van der Waals surface area contributed by atoms with Gasteiger partial charge in [-0.15, -0.1) is 0 Å². The zero-order chi connectivity index (χ0) is 23.5. The van der Waals surface area contributed by atoms with Crippen molar-refractivity contribution < 1.29 is 9.59 Å². The van der Waals surface area contributed by atoms with Gasteiger partial charge < -0.3 is 15.2 Å². The highest BCUT2D eigenvalue weighted by Gasteiger charge is 2.13. The SMILES string of the molecule is O=C(Cn1c2ccccc2c(=O)c2ccccc21)NCC(=O)Nc1ccc(-n2cncn2)cc1. The third-order valence-electron chi connectivity index (χ3n) is 5.46. The molecule has 0 atom stereocenters. The van der Waals surface area contributed by atoms with Gasteiger partial charge in [0.1, 0.15) is 19.2 Å². The van der Waals surface area contributed by atoms with Gasteiger partial charge in [0.25, 0.3) is 0 Å². The number of amides is 2. The average Bonchev–Trinajstić information content (AvgIpc) is 3.41. The molecular formula is C25H20N6O3. The molecular weight excluding hydrogens is 432 g/mol. The lowest BCUT2D eigenvalue weighted by atomic mass is 10.1. The summed E-state index contributed by atoms with van der Waals surface area (Å²) >= 11 is 0. The third kappa shape index (κ3) is 4.14. The van der Waals surface area contributed by atoms with E-state index in [4.69, 9.17) is 0 Å². The molecule has 0 aliphatic carbocycles. The largest absolute Gasteiger partial charge is 0.345 e. The number of benzene rings is 3. The summed E-state index contributed by atoms with van der Waals surface area (Å²) in [6.45, 7) is -0.207. The topological polar surface area (TPSA) is 111 Å². The van der Waals surface area contributed by atoms with Gasteiger partial charge in [-0.05, 0) is 48.5 Å². The molecule has 3 aromatic carbocycles. The molecule has 168 valence electrons. The van der Waals surface area contributed by atoms with Crippen molar-refractivity contribution in [1.29, 1.82) is 0 Å². The zero-order valence-corrected chi connectivity index (χ0v) is 18.0. The van der Waals surface area contributed by atoms with Crippen LogP contribution in [0.4, 0.5) is 5.69 Å². The van der Waals surface area contributed by atoms with Crippen molar-refractivity contribution in [2.75, 3.05) is 11.9 Å². The average molecular weight is 452 g/mol. The lowest BCUT2D eigenvalue weighted by Crippen LogP contribution is -2.35. The molecule has 34 heavy (non-hydrogen) atoms. The van der Waals surface area contributed by atoms with Gasteiger partial charge in [0, 0.05) is 16.5 Å². The van der Waals surface area contributed by atoms with Crippen LogP contribution in [0.3, 0.4) is 0 Å². The Bertz CT molecular complexity index is 1500. The normalized spacial score (nSPS) is 10.9. The summed E-state index contributed by atoms with van der Waals surface area (Å²) in [6, 6.07) is 21.5. The van der Waals surface area contributed by atoms with E-state index in [1.165, 1.54) is 6.33 Å². The Labute approximate surface area is 193 Å². The number of carbonyl (C=O) groups is 2. The molecule has 0 aliphatic rings. The van der Waals surface area contributed by atoms with Gasteiger partial charge in [0.15, 0.2) is 5.43 Å². The molecule has 2 amide bonds. The molecule has 0 aliphatic heterocycles. The van der Waals surface area contributed by atoms with Gasteiger partial charge in [-0.3, -0.25) is 14.4 Å². The van der Waals surface area contributed by atoms with Crippen molar-refractivity contribution in [2.45, 2.75) is 6.54 Å². The molecule has 2 N–H and O–H groups in total. The summed E-state index contributed by atoms with van der Waals surface area (Å²) in [5, 5.41) is 10.5. The predicted molar refractivity (Wildman–Crippen MR) is 129 cm³/mol. The number of aromatic nitrogens is 4. The molecule has 5 aromatic rings.